The third kappa shape index (κ3) is 10.9. The van der Waals surface area contributed by atoms with Gasteiger partial charge in [-0.2, -0.15) is 9.57 Å². The highest BCUT2D eigenvalue weighted by Gasteiger charge is 2.37. The van der Waals surface area contributed by atoms with E-state index in [-0.39, 0.29) is 42.5 Å². The Morgan fingerprint density at radius 1 is 0.812 bits per heavy atom. The lowest BCUT2D eigenvalue weighted by molar-refractivity contribution is 0.0184. The van der Waals surface area contributed by atoms with E-state index in [2.05, 4.69) is 27.7 Å². The zero-order chi connectivity index (χ0) is 45.4. The van der Waals surface area contributed by atoms with Gasteiger partial charge in [0.2, 0.25) is 10.0 Å². The van der Waals surface area contributed by atoms with E-state index < -0.39 is 15.6 Å². The van der Waals surface area contributed by atoms with Gasteiger partial charge in [-0.25, -0.2) is 17.9 Å². The number of nitriles is 1. The van der Waals surface area contributed by atoms with Crippen molar-refractivity contribution in [2.24, 2.45) is 11.8 Å². The van der Waals surface area contributed by atoms with Crippen molar-refractivity contribution >= 4 is 21.7 Å². The number of tetrazole rings is 1. The number of benzene rings is 4. The second kappa shape index (κ2) is 20.1. The molecule has 0 radical (unpaired) electrons. The monoisotopic (exact) mass is 887 g/mol. The van der Waals surface area contributed by atoms with E-state index in [1.165, 1.54) is 4.31 Å². The van der Waals surface area contributed by atoms with Crippen molar-refractivity contribution in [3.63, 3.8) is 0 Å². The van der Waals surface area contributed by atoms with Gasteiger partial charge in [0.25, 0.3) is 0 Å². The van der Waals surface area contributed by atoms with Gasteiger partial charge < -0.3 is 23.8 Å². The number of likely N-dealkylation sites (tertiary alicyclic amines) is 1. The molecule has 1 aromatic heterocycles. The summed E-state index contributed by atoms with van der Waals surface area (Å²) in [6.07, 6.45) is 5.22. The van der Waals surface area contributed by atoms with Gasteiger partial charge in [-0.3, -0.25) is 0 Å². The lowest BCUT2D eigenvalue weighted by atomic mass is 9.84. The van der Waals surface area contributed by atoms with Crippen LogP contribution in [0.4, 0.5) is 4.79 Å². The molecule has 2 heterocycles. The van der Waals surface area contributed by atoms with Crippen LogP contribution in [0.2, 0.25) is 0 Å². The number of nitrogens with zero attached hydrogens (tertiary/aromatic N) is 7. The summed E-state index contributed by atoms with van der Waals surface area (Å²) in [5, 5.41) is 23.1. The molecule has 0 bridgehead atoms. The first-order chi connectivity index (χ1) is 30.8. The Balaban J connectivity index is 1.40. The molecule has 0 spiro atoms. The van der Waals surface area contributed by atoms with Crippen LogP contribution in [-0.4, -0.2) is 83.9 Å². The maximum absolute atomic E-state index is 16.2. The van der Waals surface area contributed by atoms with Gasteiger partial charge >= 0.3 is 6.09 Å². The van der Waals surface area contributed by atoms with Crippen LogP contribution < -0.4 is 14.2 Å². The van der Waals surface area contributed by atoms with Crippen LogP contribution in [0.15, 0.2) is 95.9 Å². The highest BCUT2D eigenvalue weighted by molar-refractivity contribution is 7.89. The molecule has 1 saturated heterocycles. The minimum atomic E-state index is -4.41. The molecule has 64 heavy (non-hydrogen) atoms. The van der Waals surface area contributed by atoms with Crippen LogP contribution in [0, 0.1) is 23.2 Å². The standard InChI is InChI=1S/C49H57N7O7S/c1-49(2,3)63-48(57)54-27-25-34(26-28-54)29-40-17-24-44(39-15-7-35(30-50)8-16-39)45(47-51-52-53-56(47)33-38-13-22-43(62-6)23-14-38)46(40)64(58,59)55(31-36-9-18-41(60-4)19-10-36)32-37-11-20-42(61-5)21-12-37/h9-15,17-24,34-35H,7-8,16,25-29,31-33H2,1-6H3. The number of piperidine rings is 1. The third-order valence-electron chi connectivity index (χ3n) is 11.8. The zero-order valence-corrected chi connectivity index (χ0v) is 38.3. The second-order valence-corrected chi connectivity index (χ2v) is 19.3. The SMILES string of the molecule is COc1ccc(CN(Cc2ccc(OC)cc2)S(=O)(=O)c2c(CC3CCN(C(=O)OC(C)(C)C)CC3)ccc(C3=CCC(C#N)CC3)c2-c2nnnn2Cc2ccc(OC)cc2)cc1. The number of carbonyl (C=O) groups excluding carboxylic acids is 1. The van der Waals surface area contributed by atoms with Gasteiger partial charge in [0.05, 0.1) is 44.8 Å². The molecule has 1 aliphatic heterocycles. The summed E-state index contributed by atoms with van der Waals surface area (Å²) in [4.78, 5) is 14.9. The van der Waals surface area contributed by atoms with Crippen LogP contribution in [-0.2, 0) is 40.8 Å². The third-order valence-corrected chi connectivity index (χ3v) is 13.8. The maximum Gasteiger partial charge on any atom is 0.410 e. The molecule has 7 rings (SSSR count). The number of hydrogen-bond acceptors (Lipinski definition) is 11. The van der Waals surface area contributed by atoms with Crippen molar-refractivity contribution in [1.82, 2.24) is 29.4 Å². The second-order valence-electron chi connectivity index (χ2n) is 17.4. The Morgan fingerprint density at radius 3 is 1.88 bits per heavy atom. The Hall–Kier alpha value is -6.24. The van der Waals surface area contributed by atoms with Gasteiger partial charge in [-0.05, 0) is 145 Å². The molecule has 14 nitrogen and oxygen atoms in total. The number of rotatable bonds is 15. The van der Waals surface area contributed by atoms with E-state index in [1.807, 2.05) is 106 Å². The van der Waals surface area contributed by atoms with E-state index in [1.54, 1.807) is 30.9 Å². The summed E-state index contributed by atoms with van der Waals surface area (Å²) in [5.74, 6) is 2.25. The Labute approximate surface area is 376 Å². The van der Waals surface area contributed by atoms with Crippen LogP contribution >= 0.6 is 0 Å². The zero-order valence-electron chi connectivity index (χ0n) is 37.5. The number of amides is 1. The van der Waals surface area contributed by atoms with E-state index in [0.717, 1.165) is 22.3 Å². The largest absolute Gasteiger partial charge is 0.497 e. The van der Waals surface area contributed by atoms with Gasteiger partial charge in [0.15, 0.2) is 5.82 Å². The number of aromatic nitrogens is 4. The molecule has 336 valence electrons. The van der Waals surface area contributed by atoms with Crippen molar-refractivity contribution in [3.8, 4) is 34.7 Å². The summed E-state index contributed by atoms with van der Waals surface area (Å²) in [5.41, 5.74) is 4.51. The highest BCUT2D eigenvalue weighted by Crippen LogP contribution is 2.43. The fourth-order valence-corrected chi connectivity index (χ4v) is 10.2. The molecule has 1 atom stereocenters. The van der Waals surface area contributed by atoms with Crippen LogP contribution in [0.3, 0.4) is 0 Å². The minimum absolute atomic E-state index is 0.0546. The average molecular weight is 888 g/mol. The molecular weight excluding hydrogens is 831 g/mol. The number of hydrogen-bond donors (Lipinski definition) is 0. The number of carbonyl (C=O) groups is 1. The van der Waals surface area contributed by atoms with Gasteiger partial charge in [-0.15, -0.1) is 5.10 Å². The normalized spacial score (nSPS) is 15.9. The molecule has 1 unspecified atom stereocenters. The molecule has 0 saturated carbocycles. The van der Waals surface area contributed by atoms with E-state index >= 15 is 8.42 Å². The van der Waals surface area contributed by atoms with Gasteiger partial charge in [-0.1, -0.05) is 54.6 Å². The number of ether oxygens (including phenoxy) is 4. The van der Waals surface area contributed by atoms with Gasteiger partial charge in [0.1, 0.15) is 22.8 Å². The summed E-state index contributed by atoms with van der Waals surface area (Å²) in [6.45, 7) is 6.90. The molecule has 5 aromatic rings. The first-order valence-electron chi connectivity index (χ1n) is 21.7. The number of methoxy groups -OCH3 is 3. The number of allylic oxidation sites excluding steroid dienone is 2. The smallest absolute Gasteiger partial charge is 0.410 e. The van der Waals surface area contributed by atoms with Crippen molar-refractivity contribution in [2.75, 3.05) is 34.4 Å². The summed E-state index contributed by atoms with van der Waals surface area (Å²) < 4.78 is 57.5. The molecule has 1 amide bonds. The minimum Gasteiger partial charge on any atom is -0.497 e. The first kappa shape index (κ1) is 45.8. The van der Waals surface area contributed by atoms with Crippen molar-refractivity contribution in [3.05, 3.63) is 119 Å². The molecule has 0 N–H and O–H groups in total. The quantitative estimate of drug-likeness (QED) is 0.0989. The summed E-state index contributed by atoms with van der Waals surface area (Å²) >= 11 is 0. The molecule has 1 aliphatic carbocycles. The molecular formula is C49H57N7O7S. The molecule has 15 heteroatoms. The van der Waals surface area contributed by atoms with E-state index in [4.69, 9.17) is 18.9 Å². The molecule has 4 aromatic carbocycles. The average Bonchev–Trinajstić information content (AvgIpc) is 3.76. The Morgan fingerprint density at radius 2 is 1.38 bits per heavy atom. The van der Waals surface area contributed by atoms with E-state index in [0.29, 0.717) is 91.4 Å². The predicted octanol–water partition coefficient (Wildman–Crippen LogP) is 8.70. The van der Waals surface area contributed by atoms with Crippen molar-refractivity contribution in [1.29, 1.82) is 5.26 Å². The fourth-order valence-electron chi connectivity index (χ4n) is 8.34. The van der Waals surface area contributed by atoms with Gasteiger partial charge in [0, 0.05) is 31.7 Å². The highest BCUT2D eigenvalue weighted by atomic mass is 32.2. The van der Waals surface area contributed by atoms with Crippen LogP contribution in [0.5, 0.6) is 17.2 Å². The topological polar surface area (TPSA) is 162 Å². The molecule has 1 fully saturated rings. The lowest BCUT2D eigenvalue weighted by Gasteiger charge is -2.34. The van der Waals surface area contributed by atoms with Crippen LogP contribution in [0.25, 0.3) is 17.0 Å². The fraction of sp³-hybridized carbons (Fsp3) is 0.408. The summed E-state index contributed by atoms with van der Waals surface area (Å²) in [6, 6.07) is 28.7. The van der Waals surface area contributed by atoms with Crippen LogP contribution in [0.1, 0.15) is 80.7 Å². The Bertz CT molecular complexity index is 2520. The maximum atomic E-state index is 16.2. The van der Waals surface area contributed by atoms with Crippen molar-refractivity contribution < 1.29 is 32.2 Å². The summed E-state index contributed by atoms with van der Waals surface area (Å²) in [7, 11) is 0.396. The predicted molar refractivity (Wildman–Crippen MR) is 243 cm³/mol. The Kier molecular flexibility index (Phi) is 14.4. The number of sulfonamides is 1. The van der Waals surface area contributed by atoms with E-state index in [9.17, 15) is 10.1 Å². The molecule has 2 aliphatic rings. The van der Waals surface area contributed by atoms with Crippen molar-refractivity contribution in [2.45, 2.75) is 89.4 Å². The lowest BCUT2D eigenvalue weighted by Crippen LogP contribution is -2.42. The first-order valence-corrected chi connectivity index (χ1v) is 23.1.